The molecule has 7 heteroatoms. The van der Waals surface area contributed by atoms with Gasteiger partial charge in [-0.3, -0.25) is 14.5 Å². The fraction of sp³-hybridized carbons (Fsp3) is 0.414. The Bertz CT molecular complexity index is 1080. The van der Waals surface area contributed by atoms with Crippen LogP contribution in [0, 0.1) is 5.92 Å². The number of nitrogens with one attached hydrogen (secondary N) is 1. The summed E-state index contributed by atoms with van der Waals surface area (Å²) < 4.78 is 0. The number of benzene rings is 2. The molecule has 1 unspecified atom stereocenters. The van der Waals surface area contributed by atoms with Crippen molar-refractivity contribution in [2.75, 3.05) is 40.3 Å². The second-order valence-corrected chi connectivity index (χ2v) is 9.99. The molecule has 0 saturated carbocycles. The molecule has 0 radical (unpaired) electrons. The van der Waals surface area contributed by atoms with E-state index in [1.165, 1.54) is 4.90 Å². The number of amides is 4. The Balaban J connectivity index is 1.46. The second-order valence-electron chi connectivity index (χ2n) is 9.99. The van der Waals surface area contributed by atoms with Gasteiger partial charge in [0.2, 0.25) is 5.91 Å². The molecule has 190 valence electrons. The van der Waals surface area contributed by atoms with Gasteiger partial charge in [-0.15, -0.1) is 0 Å². The number of imide groups is 1. The van der Waals surface area contributed by atoms with Gasteiger partial charge in [0.05, 0.1) is 0 Å². The maximum absolute atomic E-state index is 13.8. The van der Waals surface area contributed by atoms with Crippen molar-refractivity contribution >= 4 is 23.9 Å². The first-order valence-corrected chi connectivity index (χ1v) is 12.7. The Morgan fingerprint density at radius 2 is 1.67 bits per heavy atom. The number of carbonyl (C=O) groups excluding carboxylic acids is 3. The van der Waals surface area contributed by atoms with Crippen molar-refractivity contribution in [3.8, 4) is 0 Å². The van der Waals surface area contributed by atoms with E-state index in [2.05, 4.69) is 17.4 Å². The quantitative estimate of drug-likeness (QED) is 0.434. The van der Waals surface area contributed by atoms with Crippen molar-refractivity contribution in [2.45, 2.75) is 31.2 Å². The zero-order valence-electron chi connectivity index (χ0n) is 21.2. The summed E-state index contributed by atoms with van der Waals surface area (Å²) >= 11 is 0. The number of hydrogen-bond acceptors (Lipinski definition) is 4. The van der Waals surface area contributed by atoms with E-state index in [0.717, 1.165) is 11.1 Å². The molecule has 4 rings (SSSR count). The van der Waals surface area contributed by atoms with Crippen LogP contribution >= 0.6 is 0 Å². The number of piperidine rings is 1. The van der Waals surface area contributed by atoms with Crippen LogP contribution < -0.4 is 5.32 Å². The molecule has 2 heterocycles. The Labute approximate surface area is 213 Å². The Morgan fingerprint density at radius 3 is 2.31 bits per heavy atom. The van der Waals surface area contributed by atoms with E-state index < -0.39 is 5.54 Å². The molecule has 0 aromatic heterocycles. The van der Waals surface area contributed by atoms with Crippen LogP contribution in [-0.4, -0.2) is 78.4 Å². The van der Waals surface area contributed by atoms with Gasteiger partial charge in [0.25, 0.3) is 5.91 Å². The average Bonchev–Trinajstić information content (AvgIpc) is 3.15. The largest absolute Gasteiger partial charge is 0.339 e. The van der Waals surface area contributed by atoms with Crippen molar-refractivity contribution in [1.29, 1.82) is 0 Å². The number of nitrogens with zero attached hydrogens (tertiary/aromatic N) is 3. The van der Waals surface area contributed by atoms with Gasteiger partial charge in [-0.2, -0.15) is 0 Å². The molecule has 2 aromatic rings. The number of hydrogen-bond donors (Lipinski definition) is 1. The number of likely N-dealkylation sites (N-methyl/N-ethyl adjacent to an activating group) is 1. The minimum absolute atomic E-state index is 0.0231. The van der Waals surface area contributed by atoms with Crippen LogP contribution in [0.2, 0.25) is 0 Å². The molecule has 2 fully saturated rings. The number of aryl methyl sites for hydroxylation is 1. The third-order valence-electron chi connectivity index (χ3n) is 7.35. The lowest BCUT2D eigenvalue weighted by Gasteiger charge is -2.41. The van der Waals surface area contributed by atoms with E-state index >= 15 is 0 Å². The van der Waals surface area contributed by atoms with Gasteiger partial charge in [-0.25, -0.2) is 4.79 Å². The second kappa shape index (κ2) is 11.5. The van der Waals surface area contributed by atoms with Gasteiger partial charge in [-0.1, -0.05) is 60.7 Å². The Kier molecular flexibility index (Phi) is 8.21. The van der Waals surface area contributed by atoms with Crippen LogP contribution in [0.1, 0.15) is 30.4 Å². The van der Waals surface area contributed by atoms with Gasteiger partial charge in [0.1, 0.15) is 5.54 Å². The zero-order chi connectivity index (χ0) is 25.5. The lowest BCUT2D eigenvalue weighted by Crippen LogP contribution is -2.57. The van der Waals surface area contributed by atoms with Gasteiger partial charge in [0.15, 0.2) is 0 Å². The summed E-state index contributed by atoms with van der Waals surface area (Å²) in [7, 11) is 3.86. The molecule has 2 aliphatic heterocycles. The fourth-order valence-corrected chi connectivity index (χ4v) is 5.21. The molecule has 2 saturated heterocycles. The monoisotopic (exact) mass is 488 g/mol. The maximum Gasteiger partial charge on any atom is 0.325 e. The predicted octanol–water partition coefficient (Wildman–Crippen LogP) is 3.42. The summed E-state index contributed by atoms with van der Waals surface area (Å²) in [5.74, 6) is -0.173. The SMILES string of the molecule is CN(C)CCN1C(=O)NC(CCc2ccccc2)(C2CCN(C(=O)/C=C/c3ccccc3)CC2)C1=O. The summed E-state index contributed by atoms with van der Waals surface area (Å²) in [6.07, 6.45) is 6.05. The molecule has 1 N–H and O–H groups in total. The first kappa shape index (κ1) is 25.6. The highest BCUT2D eigenvalue weighted by Gasteiger charge is 2.55. The summed E-state index contributed by atoms with van der Waals surface area (Å²) in [5.41, 5.74) is 1.19. The average molecular weight is 489 g/mol. The molecule has 36 heavy (non-hydrogen) atoms. The maximum atomic E-state index is 13.8. The van der Waals surface area contributed by atoms with Gasteiger partial charge >= 0.3 is 6.03 Å². The van der Waals surface area contributed by atoms with Crippen LogP contribution in [0.25, 0.3) is 6.08 Å². The van der Waals surface area contributed by atoms with Crippen molar-refractivity contribution in [1.82, 2.24) is 20.0 Å². The van der Waals surface area contributed by atoms with Crippen LogP contribution in [0.15, 0.2) is 66.7 Å². The minimum atomic E-state index is -0.936. The third kappa shape index (κ3) is 5.85. The van der Waals surface area contributed by atoms with Crippen molar-refractivity contribution in [3.05, 3.63) is 77.9 Å². The van der Waals surface area contributed by atoms with Gasteiger partial charge < -0.3 is 15.1 Å². The van der Waals surface area contributed by atoms with Crippen molar-refractivity contribution in [3.63, 3.8) is 0 Å². The van der Waals surface area contributed by atoms with Crippen LogP contribution in [0.5, 0.6) is 0 Å². The standard InChI is InChI=1S/C29H36N4O3/c1-31(2)21-22-33-27(35)29(30-28(33)36,18-15-24-11-7-4-8-12-24)25-16-19-32(20-17-25)26(34)14-13-23-9-5-3-6-10-23/h3-14,25H,15-22H2,1-2H3,(H,30,36)/b14-13+. The van der Waals surface area contributed by atoms with E-state index in [1.54, 1.807) is 6.08 Å². The Morgan fingerprint density at radius 1 is 1.03 bits per heavy atom. The zero-order valence-corrected chi connectivity index (χ0v) is 21.2. The van der Waals surface area contributed by atoms with Gasteiger partial charge in [0, 0.05) is 32.3 Å². The first-order chi connectivity index (χ1) is 17.4. The smallest absolute Gasteiger partial charge is 0.325 e. The molecule has 1 atom stereocenters. The summed E-state index contributed by atoms with van der Waals surface area (Å²) in [5, 5.41) is 3.12. The highest BCUT2D eigenvalue weighted by molar-refractivity contribution is 6.07. The summed E-state index contributed by atoms with van der Waals surface area (Å²) in [6.45, 7) is 2.12. The van der Waals surface area contributed by atoms with Crippen molar-refractivity contribution < 1.29 is 14.4 Å². The van der Waals surface area contributed by atoms with E-state index in [-0.39, 0.29) is 23.8 Å². The van der Waals surface area contributed by atoms with Gasteiger partial charge in [-0.05, 0) is 62.9 Å². The summed E-state index contributed by atoms with van der Waals surface area (Å²) in [4.78, 5) is 44.7. The van der Waals surface area contributed by atoms with E-state index in [0.29, 0.717) is 51.9 Å². The number of urea groups is 1. The molecule has 4 amide bonds. The highest BCUT2D eigenvalue weighted by atomic mass is 16.2. The molecule has 7 nitrogen and oxygen atoms in total. The molecule has 0 aliphatic carbocycles. The molecule has 0 bridgehead atoms. The molecular weight excluding hydrogens is 452 g/mol. The number of likely N-dealkylation sites (tertiary alicyclic amines) is 1. The third-order valence-corrected chi connectivity index (χ3v) is 7.35. The predicted molar refractivity (Wildman–Crippen MR) is 141 cm³/mol. The summed E-state index contributed by atoms with van der Waals surface area (Å²) in [6, 6.07) is 19.5. The topological polar surface area (TPSA) is 73.0 Å². The van der Waals surface area contributed by atoms with Crippen LogP contribution in [-0.2, 0) is 16.0 Å². The van der Waals surface area contributed by atoms with Crippen LogP contribution in [0.3, 0.4) is 0 Å². The van der Waals surface area contributed by atoms with Crippen molar-refractivity contribution in [2.24, 2.45) is 5.92 Å². The lowest BCUT2D eigenvalue weighted by molar-refractivity contribution is -0.135. The highest BCUT2D eigenvalue weighted by Crippen LogP contribution is 2.37. The minimum Gasteiger partial charge on any atom is -0.339 e. The first-order valence-electron chi connectivity index (χ1n) is 12.7. The Hall–Kier alpha value is -3.45. The molecule has 2 aromatic carbocycles. The van der Waals surface area contributed by atoms with E-state index in [4.69, 9.17) is 0 Å². The molecular formula is C29H36N4O3. The van der Waals surface area contributed by atoms with E-state index in [1.807, 2.05) is 78.5 Å². The molecule has 2 aliphatic rings. The fourth-order valence-electron chi connectivity index (χ4n) is 5.21. The lowest BCUT2D eigenvalue weighted by atomic mass is 9.74. The normalized spacial score (nSPS) is 21.0. The van der Waals surface area contributed by atoms with E-state index in [9.17, 15) is 14.4 Å². The van der Waals surface area contributed by atoms with Crippen LogP contribution in [0.4, 0.5) is 4.79 Å². The molecule has 0 spiro atoms. The number of carbonyl (C=O) groups is 3. The number of rotatable bonds is 9.